The maximum absolute atomic E-state index is 13.4. The lowest BCUT2D eigenvalue weighted by Gasteiger charge is -2.08. The summed E-state index contributed by atoms with van der Waals surface area (Å²) >= 11 is 0. The lowest BCUT2D eigenvalue weighted by molar-refractivity contribution is -0.118. The Morgan fingerprint density at radius 3 is 2.65 bits per heavy atom. The van der Waals surface area contributed by atoms with Crippen LogP contribution in [0.1, 0.15) is 0 Å². The van der Waals surface area contributed by atoms with Gasteiger partial charge in [0, 0.05) is 5.69 Å². The summed E-state index contributed by atoms with van der Waals surface area (Å²) in [4.78, 5) is 15.7. The fourth-order valence-corrected chi connectivity index (χ4v) is 1.94. The van der Waals surface area contributed by atoms with Gasteiger partial charge in [-0.15, -0.1) is 0 Å². The van der Waals surface area contributed by atoms with Crippen LogP contribution in [0.25, 0.3) is 5.69 Å². The van der Waals surface area contributed by atoms with Crippen LogP contribution in [0.5, 0.6) is 5.75 Å². The van der Waals surface area contributed by atoms with Crippen molar-refractivity contribution in [2.24, 2.45) is 0 Å². The van der Waals surface area contributed by atoms with E-state index in [2.05, 4.69) is 15.4 Å². The van der Waals surface area contributed by atoms with Crippen molar-refractivity contribution < 1.29 is 13.9 Å². The minimum atomic E-state index is -0.502. The van der Waals surface area contributed by atoms with Crippen LogP contribution in [0.2, 0.25) is 0 Å². The number of benzene rings is 2. The van der Waals surface area contributed by atoms with E-state index in [-0.39, 0.29) is 18.3 Å². The molecule has 0 radical (unpaired) electrons. The van der Waals surface area contributed by atoms with E-state index in [1.54, 1.807) is 47.4 Å². The van der Waals surface area contributed by atoms with Crippen molar-refractivity contribution in [3.05, 3.63) is 67.0 Å². The van der Waals surface area contributed by atoms with Gasteiger partial charge in [-0.2, -0.15) is 5.10 Å². The molecule has 0 atom stereocenters. The van der Waals surface area contributed by atoms with Gasteiger partial charge in [0.15, 0.2) is 18.2 Å². The molecule has 0 aliphatic rings. The summed E-state index contributed by atoms with van der Waals surface area (Å²) < 4.78 is 20.1. The van der Waals surface area contributed by atoms with Crippen LogP contribution in [0.3, 0.4) is 0 Å². The van der Waals surface area contributed by atoms with E-state index in [0.29, 0.717) is 5.69 Å². The van der Waals surface area contributed by atoms with Crippen molar-refractivity contribution >= 4 is 11.6 Å². The van der Waals surface area contributed by atoms with Crippen LogP contribution in [0, 0.1) is 5.82 Å². The summed E-state index contributed by atoms with van der Waals surface area (Å²) in [6.45, 7) is -0.272. The molecule has 7 heteroatoms. The van der Waals surface area contributed by atoms with Crippen molar-refractivity contribution in [1.29, 1.82) is 0 Å². The molecule has 23 heavy (non-hydrogen) atoms. The van der Waals surface area contributed by atoms with Gasteiger partial charge in [-0.25, -0.2) is 14.1 Å². The van der Waals surface area contributed by atoms with Crippen molar-refractivity contribution in [2.45, 2.75) is 0 Å². The molecule has 6 nitrogen and oxygen atoms in total. The van der Waals surface area contributed by atoms with Crippen molar-refractivity contribution in [1.82, 2.24) is 14.8 Å². The standard InChI is InChI=1S/C16H13FN4O2/c17-14-3-1-2-4-15(14)23-9-16(22)20-12-5-7-13(8-6-12)21-11-18-10-19-21/h1-8,10-11H,9H2,(H,20,22). The Kier molecular flexibility index (Phi) is 4.28. The average Bonchev–Trinajstić information content (AvgIpc) is 3.09. The maximum Gasteiger partial charge on any atom is 0.262 e. The summed E-state index contributed by atoms with van der Waals surface area (Å²) in [5.41, 5.74) is 1.43. The minimum Gasteiger partial charge on any atom is -0.481 e. The number of hydrogen-bond acceptors (Lipinski definition) is 4. The van der Waals surface area contributed by atoms with E-state index in [0.717, 1.165) is 5.69 Å². The highest BCUT2D eigenvalue weighted by Gasteiger charge is 2.07. The van der Waals surface area contributed by atoms with Crippen LogP contribution in [0.15, 0.2) is 61.2 Å². The molecule has 3 aromatic rings. The predicted molar refractivity (Wildman–Crippen MR) is 81.9 cm³/mol. The number of amides is 1. The molecule has 3 rings (SSSR count). The molecule has 0 bridgehead atoms. The van der Waals surface area contributed by atoms with Gasteiger partial charge in [-0.1, -0.05) is 12.1 Å². The highest BCUT2D eigenvalue weighted by Crippen LogP contribution is 2.16. The van der Waals surface area contributed by atoms with Gasteiger partial charge in [-0.05, 0) is 36.4 Å². The van der Waals surface area contributed by atoms with Crippen LogP contribution in [-0.2, 0) is 4.79 Å². The molecular weight excluding hydrogens is 299 g/mol. The molecule has 1 N–H and O–H groups in total. The minimum absolute atomic E-state index is 0.0455. The molecule has 0 saturated carbocycles. The molecule has 0 aliphatic carbocycles. The van der Waals surface area contributed by atoms with Crippen LogP contribution < -0.4 is 10.1 Å². The molecule has 0 fully saturated rings. The van der Waals surface area contributed by atoms with Gasteiger partial charge in [0.2, 0.25) is 0 Å². The summed E-state index contributed by atoms with van der Waals surface area (Å²) in [6.07, 6.45) is 3.02. The molecular formula is C16H13FN4O2. The SMILES string of the molecule is O=C(COc1ccccc1F)Nc1ccc(-n2cncn2)cc1. The first-order valence-corrected chi connectivity index (χ1v) is 6.84. The Morgan fingerprint density at radius 1 is 1.17 bits per heavy atom. The first kappa shape index (κ1) is 14.7. The Hall–Kier alpha value is -3.22. The van der Waals surface area contributed by atoms with Crippen molar-refractivity contribution in [3.8, 4) is 11.4 Å². The highest BCUT2D eigenvalue weighted by molar-refractivity contribution is 5.91. The Bertz CT molecular complexity index is 788. The fourth-order valence-electron chi connectivity index (χ4n) is 1.94. The summed E-state index contributed by atoms with van der Waals surface area (Å²) in [5, 5.41) is 6.68. The number of anilines is 1. The van der Waals surface area contributed by atoms with E-state index < -0.39 is 5.82 Å². The topological polar surface area (TPSA) is 69.0 Å². The second kappa shape index (κ2) is 6.69. The van der Waals surface area contributed by atoms with E-state index in [1.165, 1.54) is 18.5 Å². The first-order valence-electron chi connectivity index (χ1n) is 6.84. The van der Waals surface area contributed by atoms with Gasteiger partial charge in [0.1, 0.15) is 12.7 Å². The normalized spacial score (nSPS) is 10.3. The number of nitrogens with one attached hydrogen (secondary N) is 1. The second-order valence-corrected chi connectivity index (χ2v) is 4.65. The average molecular weight is 312 g/mol. The number of ether oxygens (including phenoxy) is 1. The number of carbonyl (C=O) groups excluding carboxylic acids is 1. The lowest BCUT2D eigenvalue weighted by Crippen LogP contribution is -2.20. The number of halogens is 1. The fraction of sp³-hybridized carbons (Fsp3) is 0.0625. The number of nitrogens with zero attached hydrogens (tertiary/aromatic N) is 3. The lowest BCUT2D eigenvalue weighted by atomic mass is 10.3. The summed E-state index contributed by atoms with van der Waals surface area (Å²) in [5.74, 6) is -0.830. The zero-order valence-corrected chi connectivity index (χ0v) is 12.0. The Labute approximate surface area is 131 Å². The first-order chi connectivity index (χ1) is 11.2. The third-order valence-corrected chi connectivity index (χ3v) is 3.03. The third-order valence-electron chi connectivity index (χ3n) is 3.03. The van der Waals surface area contributed by atoms with Crippen molar-refractivity contribution in [3.63, 3.8) is 0 Å². The molecule has 1 heterocycles. The molecule has 116 valence electrons. The van der Waals surface area contributed by atoms with E-state index in [9.17, 15) is 9.18 Å². The zero-order chi connectivity index (χ0) is 16.1. The summed E-state index contributed by atoms with van der Waals surface area (Å²) in [7, 11) is 0. The second-order valence-electron chi connectivity index (χ2n) is 4.65. The molecule has 1 aromatic heterocycles. The molecule has 2 aromatic carbocycles. The highest BCUT2D eigenvalue weighted by atomic mass is 19.1. The number of hydrogen-bond donors (Lipinski definition) is 1. The Balaban J connectivity index is 1.57. The predicted octanol–water partition coefficient (Wildman–Crippen LogP) is 2.42. The number of aromatic nitrogens is 3. The number of para-hydroxylation sites is 1. The third kappa shape index (κ3) is 3.70. The van der Waals surface area contributed by atoms with Crippen LogP contribution >= 0.6 is 0 Å². The van der Waals surface area contributed by atoms with Gasteiger partial charge in [-0.3, -0.25) is 4.79 Å². The van der Waals surface area contributed by atoms with Crippen molar-refractivity contribution in [2.75, 3.05) is 11.9 Å². The molecule has 0 aliphatic heterocycles. The molecule has 1 amide bonds. The maximum atomic E-state index is 13.4. The number of carbonyl (C=O) groups is 1. The van der Waals surface area contributed by atoms with E-state index >= 15 is 0 Å². The largest absolute Gasteiger partial charge is 0.481 e. The Morgan fingerprint density at radius 2 is 1.96 bits per heavy atom. The smallest absolute Gasteiger partial charge is 0.262 e. The van der Waals surface area contributed by atoms with Gasteiger partial charge in [0.25, 0.3) is 5.91 Å². The molecule has 0 spiro atoms. The van der Waals surface area contributed by atoms with E-state index in [1.807, 2.05) is 0 Å². The summed E-state index contributed by atoms with van der Waals surface area (Å²) in [6, 6.07) is 13.0. The van der Waals surface area contributed by atoms with E-state index in [4.69, 9.17) is 4.74 Å². The van der Waals surface area contributed by atoms with Gasteiger partial charge >= 0.3 is 0 Å². The number of rotatable bonds is 5. The molecule has 0 unspecified atom stereocenters. The molecule has 0 saturated heterocycles. The quantitative estimate of drug-likeness (QED) is 0.785. The van der Waals surface area contributed by atoms with Gasteiger partial charge in [0.05, 0.1) is 5.69 Å². The van der Waals surface area contributed by atoms with Crippen LogP contribution in [-0.4, -0.2) is 27.3 Å². The monoisotopic (exact) mass is 312 g/mol. The van der Waals surface area contributed by atoms with Gasteiger partial charge < -0.3 is 10.1 Å². The van der Waals surface area contributed by atoms with Crippen LogP contribution in [0.4, 0.5) is 10.1 Å². The zero-order valence-electron chi connectivity index (χ0n) is 12.0.